The average molecular weight is 321 g/mol. The Kier molecular flexibility index (Phi) is 6.58. The van der Waals surface area contributed by atoms with Crippen LogP contribution in [0.3, 0.4) is 0 Å². The van der Waals surface area contributed by atoms with Gasteiger partial charge in [0, 0.05) is 11.1 Å². The molecule has 0 saturated heterocycles. The van der Waals surface area contributed by atoms with Crippen LogP contribution >= 0.6 is 11.6 Å². The molecule has 0 fully saturated rings. The van der Waals surface area contributed by atoms with Crippen molar-refractivity contribution in [1.82, 2.24) is 5.32 Å². The third-order valence-electron chi connectivity index (χ3n) is 2.76. The van der Waals surface area contributed by atoms with Crippen molar-refractivity contribution in [2.75, 3.05) is 30.7 Å². The Hall–Kier alpha value is -0.980. The summed E-state index contributed by atoms with van der Waals surface area (Å²) in [4.78, 5) is 0. The van der Waals surface area contributed by atoms with Gasteiger partial charge in [-0.2, -0.15) is 0 Å². The predicted octanol–water partition coefficient (Wildman–Crippen LogP) is 2.40. The number of rotatable bonds is 8. The molecule has 20 heavy (non-hydrogen) atoms. The van der Waals surface area contributed by atoms with Crippen LogP contribution in [0.1, 0.15) is 18.9 Å². The van der Waals surface area contributed by atoms with E-state index < -0.39 is 10.0 Å². The lowest BCUT2D eigenvalue weighted by atomic mass is 10.2. The van der Waals surface area contributed by atoms with E-state index in [-0.39, 0.29) is 5.75 Å². The summed E-state index contributed by atoms with van der Waals surface area (Å²) in [6.45, 7) is 5.30. The predicted molar refractivity (Wildman–Crippen MR) is 83.3 cm³/mol. The Morgan fingerprint density at radius 1 is 1.35 bits per heavy atom. The second-order valence-electron chi connectivity index (χ2n) is 4.43. The highest BCUT2D eigenvalue weighted by Crippen LogP contribution is 2.31. The molecule has 0 unspecified atom stereocenters. The summed E-state index contributed by atoms with van der Waals surface area (Å²) >= 11 is 5.99. The summed E-state index contributed by atoms with van der Waals surface area (Å²) in [5.74, 6) is 0.473. The number of sulfonamides is 1. The molecule has 0 aliphatic heterocycles. The van der Waals surface area contributed by atoms with E-state index in [1.54, 1.807) is 12.1 Å². The van der Waals surface area contributed by atoms with Crippen LogP contribution in [0.4, 0.5) is 5.69 Å². The molecule has 0 saturated carbocycles. The second-order valence-corrected chi connectivity index (χ2v) is 6.68. The Balaban J connectivity index is 2.78. The molecular weight excluding hydrogens is 300 g/mol. The Morgan fingerprint density at radius 2 is 2.05 bits per heavy atom. The van der Waals surface area contributed by atoms with Crippen molar-refractivity contribution in [3.05, 3.63) is 22.7 Å². The number of halogens is 1. The van der Waals surface area contributed by atoms with E-state index in [1.165, 1.54) is 7.11 Å². The minimum Gasteiger partial charge on any atom is -0.495 e. The van der Waals surface area contributed by atoms with E-state index in [0.717, 1.165) is 12.1 Å². The molecule has 0 amide bonds. The molecule has 0 atom stereocenters. The van der Waals surface area contributed by atoms with Gasteiger partial charge in [0.1, 0.15) is 5.75 Å². The van der Waals surface area contributed by atoms with Crippen molar-refractivity contribution in [3.63, 3.8) is 0 Å². The summed E-state index contributed by atoms with van der Waals surface area (Å²) < 4.78 is 31.7. The maximum atomic E-state index is 12.0. The average Bonchev–Trinajstić information content (AvgIpc) is 2.38. The van der Waals surface area contributed by atoms with Crippen molar-refractivity contribution in [1.29, 1.82) is 0 Å². The van der Waals surface area contributed by atoms with Crippen molar-refractivity contribution >= 4 is 27.3 Å². The van der Waals surface area contributed by atoms with E-state index in [4.69, 9.17) is 16.3 Å². The van der Waals surface area contributed by atoms with Gasteiger partial charge in [-0.15, -0.1) is 0 Å². The number of ether oxygens (including phenoxy) is 1. The van der Waals surface area contributed by atoms with Crippen molar-refractivity contribution in [2.45, 2.75) is 20.3 Å². The van der Waals surface area contributed by atoms with Crippen LogP contribution in [0.2, 0.25) is 5.02 Å². The maximum absolute atomic E-state index is 12.0. The van der Waals surface area contributed by atoms with E-state index >= 15 is 0 Å². The van der Waals surface area contributed by atoms with Crippen LogP contribution in [0.5, 0.6) is 5.75 Å². The van der Waals surface area contributed by atoms with Gasteiger partial charge in [0.05, 0.1) is 18.6 Å². The van der Waals surface area contributed by atoms with Crippen LogP contribution in [0.25, 0.3) is 0 Å². The summed E-state index contributed by atoms with van der Waals surface area (Å²) in [5, 5.41) is 3.63. The molecule has 7 heteroatoms. The fourth-order valence-electron chi connectivity index (χ4n) is 1.69. The molecule has 0 bridgehead atoms. The zero-order chi connectivity index (χ0) is 15.2. The Bertz CT molecular complexity index is 547. The number of nitrogens with one attached hydrogen (secondary N) is 2. The van der Waals surface area contributed by atoms with Gasteiger partial charge >= 0.3 is 0 Å². The largest absolute Gasteiger partial charge is 0.495 e. The van der Waals surface area contributed by atoms with Crippen LogP contribution in [0.15, 0.2) is 12.1 Å². The standard InChI is InChI=1S/C13H21ClN2O3S/c1-4-15-6-5-7-20(17,18)16-12-8-10(2)11(14)9-13(12)19-3/h8-9,15-16H,4-7H2,1-3H3. The van der Waals surface area contributed by atoms with Gasteiger partial charge < -0.3 is 10.1 Å². The van der Waals surface area contributed by atoms with E-state index in [0.29, 0.717) is 29.4 Å². The smallest absolute Gasteiger partial charge is 0.232 e. The van der Waals surface area contributed by atoms with Crippen LogP contribution < -0.4 is 14.8 Å². The molecule has 0 heterocycles. The highest BCUT2D eigenvalue weighted by atomic mass is 35.5. The molecule has 5 nitrogen and oxygen atoms in total. The van der Waals surface area contributed by atoms with Gasteiger partial charge in [-0.25, -0.2) is 8.42 Å². The molecular formula is C13H21ClN2O3S. The highest BCUT2D eigenvalue weighted by Gasteiger charge is 2.14. The van der Waals surface area contributed by atoms with Crippen LogP contribution in [0, 0.1) is 6.92 Å². The molecule has 0 aliphatic carbocycles. The quantitative estimate of drug-likeness (QED) is 0.722. The first kappa shape index (κ1) is 17.1. The monoisotopic (exact) mass is 320 g/mol. The zero-order valence-corrected chi connectivity index (χ0v) is 13.6. The third-order valence-corrected chi connectivity index (χ3v) is 4.53. The molecule has 0 radical (unpaired) electrons. The summed E-state index contributed by atoms with van der Waals surface area (Å²) in [5.41, 5.74) is 1.20. The van der Waals surface area contributed by atoms with Crippen LogP contribution in [-0.2, 0) is 10.0 Å². The van der Waals surface area contributed by atoms with Gasteiger partial charge in [-0.3, -0.25) is 4.72 Å². The number of methoxy groups -OCH3 is 1. The zero-order valence-electron chi connectivity index (χ0n) is 12.0. The summed E-state index contributed by atoms with van der Waals surface area (Å²) in [6, 6.07) is 3.27. The number of benzene rings is 1. The first-order chi connectivity index (χ1) is 9.39. The lowest BCUT2D eigenvalue weighted by Crippen LogP contribution is -2.22. The maximum Gasteiger partial charge on any atom is 0.232 e. The van der Waals surface area contributed by atoms with Gasteiger partial charge in [0.25, 0.3) is 0 Å². The number of aryl methyl sites for hydroxylation is 1. The Morgan fingerprint density at radius 3 is 2.65 bits per heavy atom. The molecule has 0 spiro atoms. The molecule has 1 aromatic rings. The fourth-order valence-corrected chi connectivity index (χ4v) is 2.97. The van der Waals surface area contributed by atoms with Gasteiger partial charge in [-0.05, 0) is 38.1 Å². The third kappa shape index (κ3) is 5.19. The summed E-state index contributed by atoms with van der Waals surface area (Å²) in [6.07, 6.45) is 0.554. The molecule has 0 aromatic heterocycles. The van der Waals surface area contributed by atoms with Gasteiger partial charge in [0.15, 0.2) is 0 Å². The molecule has 1 aromatic carbocycles. The normalized spacial score (nSPS) is 11.4. The van der Waals surface area contributed by atoms with Gasteiger partial charge in [-0.1, -0.05) is 18.5 Å². The number of hydrogen-bond donors (Lipinski definition) is 2. The molecule has 114 valence electrons. The highest BCUT2D eigenvalue weighted by molar-refractivity contribution is 7.92. The number of anilines is 1. The topological polar surface area (TPSA) is 67.4 Å². The minimum absolute atomic E-state index is 0.0603. The Labute approximate surface area is 125 Å². The lowest BCUT2D eigenvalue weighted by molar-refractivity contribution is 0.417. The van der Waals surface area contributed by atoms with E-state index in [9.17, 15) is 8.42 Å². The van der Waals surface area contributed by atoms with Gasteiger partial charge in [0.2, 0.25) is 10.0 Å². The van der Waals surface area contributed by atoms with E-state index in [1.807, 2.05) is 13.8 Å². The summed E-state index contributed by atoms with van der Waals surface area (Å²) in [7, 11) is -1.91. The molecule has 2 N–H and O–H groups in total. The van der Waals surface area contributed by atoms with Crippen LogP contribution in [-0.4, -0.2) is 34.4 Å². The fraction of sp³-hybridized carbons (Fsp3) is 0.538. The van der Waals surface area contributed by atoms with Crippen molar-refractivity contribution in [3.8, 4) is 5.75 Å². The van der Waals surface area contributed by atoms with E-state index in [2.05, 4.69) is 10.0 Å². The lowest BCUT2D eigenvalue weighted by Gasteiger charge is -2.13. The van der Waals surface area contributed by atoms with Crippen molar-refractivity contribution < 1.29 is 13.2 Å². The molecule has 1 rings (SSSR count). The van der Waals surface area contributed by atoms with Crippen molar-refractivity contribution in [2.24, 2.45) is 0 Å². The first-order valence-corrected chi connectivity index (χ1v) is 8.48. The molecule has 0 aliphatic rings. The second kappa shape index (κ2) is 7.71. The SMILES string of the molecule is CCNCCCS(=O)(=O)Nc1cc(C)c(Cl)cc1OC. The first-order valence-electron chi connectivity index (χ1n) is 6.45. The number of hydrogen-bond acceptors (Lipinski definition) is 4. The minimum atomic E-state index is -3.39.